The fraction of sp³-hybridized carbons (Fsp3) is 0.273. The number of ether oxygens (including phenoxy) is 1. The standard InChI is InChI=1S/C22H24N4O2/c1-4-20(16-8-10-19(28-3)11-9-16)26(5-2)22(27)18-14-24-21(25-15-18)17-7-6-12-23-13-17/h6-15,20H,4-5H2,1-3H3/t20-/m0/s1. The molecule has 0 radical (unpaired) electrons. The molecule has 144 valence electrons. The van der Waals surface area contributed by atoms with Crippen molar-refractivity contribution in [2.45, 2.75) is 26.3 Å². The van der Waals surface area contributed by atoms with Gasteiger partial charge in [0.05, 0.1) is 18.7 Å². The summed E-state index contributed by atoms with van der Waals surface area (Å²) in [4.78, 5) is 27.8. The van der Waals surface area contributed by atoms with Gasteiger partial charge in [-0.1, -0.05) is 19.1 Å². The molecule has 0 fully saturated rings. The zero-order valence-corrected chi connectivity index (χ0v) is 16.4. The number of nitrogens with zero attached hydrogens (tertiary/aromatic N) is 4. The summed E-state index contributed by atoms with van der Waals surface area (Å²) < 4.78 is 5.23. The Hall–Kier alpha value is -3.28. The van der Waals surface area contributed by atoms with Crippen LogP contribution in [0, 0.1) is 0 Å². The molecule has 2 aromatic heterocycles. The van der Waals surface area contributed by atoms with Crippen molar-refractivity contribution >= 4 is 5.91 Å². The molecule has 1 atom stereocenters. The van der Waals surface area contributed by atoms with Gasteiger partial charge in [0.1, 0.15) is 5.75 Å². The van der Waals surface area contributed by atoms with Crippen LogP contribution in [-0.2, 0) is 0 Å². The van der Waals surface area contributed by atoms with Crippen LogP contribution in [0.15, 0.2) is 61.2 Å². The molecule has 6 nitrogen and oxygen atoms in total. The molecule has 6 heteroatoms. The average Bonchev–Trinajstić information content (AvgIpc) is 2.78. The van der Waals surface area contributed by atoms with E-state index in [0.29, 0.717) is 17.9 Å². The predicted octanol–water partition coefficient (Wildman–Crippen LogP) is 4.16. The summed E-state index contributed by atoms with van der Waals surface area (Å²) in [6.45, 7) is 4.65. The SMILES string of the molecule is CC[C@@H](c1ccc(OC)cc1)N(CC)C(=O)c1cnc(-c2cccnc2)nc1. The first-order chi connectivity index (χ1) is 13.7. The minimum absolute atomic E-state index is 0.0265. The highest BCUT2D eigenvalue weighted by Crippen LogP contribution is 2.27. The third-order valence-electron chi connectivity index (χ3n) is 4.68. The number of benzene rings is 1. The summed E-state index contributed by atoms with van der Waals surface area (Å²) in [6.07, 6.45) is 7.37. The summed E-state index contributed by atoms with van der Waals surface area (Å²) in [5.41, 5.74) is 2.37. The van der Waals surface area contributed by atoms with Crippen molar-refractivity contribution in [3.8, 4) is 17.1 Å². The van der Waals surface area contributed by atoms with Crippen LogP contribution < -0.4 is 4.74 Å². The van der Waals surface area contributed by atoms with E-state index < -0.39 is 0 Å². The van der Waals surface area contributed by atoms with Crippen LogP contribution in [0.5, 0.6) is 5.75 Å². The average molecular weight is 376 g/mol. The van der Waals surface area contributed by atoms with Crippen molar-refractivity contribution in [1.29, 1.82) is 0 Å². The van der Waals surface area contributed by atoms with E-state index in [-0.39, 0.29) is 11.9 Å². The van der Waals surface area contributed by atoms with Gasteiger partial charge in [-0.3, -0.25) is 9.78 Å². The maximum absolute atomic E-state index is 13.1. The van der Waals surface area contributed by atoms with Crippen molar-refractivity contribution in [3.05, 3.63) is 72.3 Å². The zero-order chi connectivity index (χ0) is 19.9. The van der Waals surface area contributed by atoms with E-state index in [0.717, 1.165) is 23.3 Å². The van der Waals surface area contributed by atoms with Gasteiger partial charge in [-0.15, -0.1) is 0 Å². The smallest absolute Gasteiger partial charge is 0.257 e. The van der Waals surface area contributed by atoms with Gasteiger partial charge in [-0.2, -0.15) is 0 Å². The van der Waals surface area contributed by atoms with Crippen LogP contribution >= 0.6 is 0 Å². The maximum Gasteiger partial charge on any atom is 0.257 e. The van der Waals surface area contributed by atoms with E-state index in [1.807, 2.05) is 48.2 Å². The Morgan fingerprint density at radius 2 is 1.79 bits per heavy atom. The lowest BCUT2D eigenvalue weighted by molar-refractivity contribution is 0.0682. The molecule has 2 heterocycles. The van der Waals surface area contributed by atoms with Gasteiger partial charge in [0.15, 0.2) is 5.82 Å². The monoisotopic (exact) mass is 376 g/mol. The van der Waals surface area contributed by atoms with Crippen LogP contribution in [-0.4, -0.2) is 39.4 Å². The molecule has 0 N–H and O–H groups in total. The third kappa shape index (κ3) is 4.17. The summed E-state index contributed by atoms with van der Waals surface area (Å²) in [6, 6.07) is 11.5. The van der Waals surface area contributed by atoms with E-state index in [9.17, 15) is 4.79 Å². The Kier molecular flexibility index (Phi) is 6.32. The van der Waals surface area contributed by atoms with Gasteiger partial charge in [-0.05, 0) is 43.2 Å². The molecular weight excluding hydrogens is 352 g/mol. The highest BCUT2D eigenvalue weighted by atomic mass is 16.5. The molecule has 0 aliphatic carbocycles. The van der Waals surface area contributed by atoms with Crippen LogP contribution in [0.25, 0.3) is 11.4 Å². The third-order valence-corrected chi connectivity index (χ3v) is 4.68. The normalized spacial score (nSPS) is 11.7. The second-order valence-electron chi connectivity index (χ2n) is 6.33. The molecule has 1 amide bonds. The Bertz CT molecular complexity index is 896. The number of rotatable bonds is 7. The lowest BCUT2D eigenvalue weighted by Gasteiger charge is -2.30. The highest BCUT2D eigenvalue weighted by molar-refractivity contribution is 5.94. The summed E-state index contributed by atoms with van der Waals surface area (Å²) in [5.74, 6) is 1.27. The largest absolute Gasteiger partial charge is 0.497 e. The zero-order valence-electron chi connectivity index (χ0n) is 16.4. The van der Waals surface area contributed by atoms with Gasteiger partial charge in [0.2, 0.25) is 0 Å². The molecule has 3 aromatic rings. The molecule has 1 aromatic carbocycles. The molecule has 0 unspecified atom stereocenters. The summed E-state index contributed by atoms with van der Waals surface area (Å²) >= 11 is 0. The quantitative estimate of drug-likeness (QED) is 0.619. The first-order valence-electron chi connectivity index (χ1n) is 9.35. The second-order valence-corrected chi connectivity index (χ2v) is 6.33. The first-order valence-corrected chi connectivity index (χ1v) is 9.35. The molecule has 0 saturated heterocycles. The van der Waals surface area contributed by atoms with Crippen molar-refractivity contribution in [3.63, 3.8) is 0 Å². The fourth-order valence-electron chi connectivity index (χ4n) is 3.22. The predicted molar refractivity (Wildman–Crippen MR) is 108 cm³/mol. The topological polar surface area (TPSA) is 68.2 Å². The summed E-state index contributed by atoms with van der Waals surface area (Å²) in [7, 11) is 1.64. The van der Waals surface area contributed by atoms with E-state index in [1.165, 1.54) is 0 Å². The molecule has 0 aliphatic rings. The second kappa shape index (κ2) is 9.08. The Labute approximate surface area is 165 Å². The highest BCUT2D eigenvalue weighted by Gasteiger charge is 2.24. The van der Waals surface area contributed by atoms with E-state index in [2.05, 4.69) is 21.9 Å². The van der Waals surface area contributed by atoms with Crippen molar-refractivity contribution in [1.82, 2.24) is 19.9 Å². The Morgan fingerprint density at radius 3 is 2.32 bits per heavy atom. The van der Waals surface area contributed by atoms with Crippen LogP contribution in [0.3, 0.4) is 0 Å². The van der Waals surface area contributed by atoms with Crippen LogP contribution in [0.4, 0.5) is 0 Å². The minimum Gasteiger partial charge on any atom is -0.497 e. The lowest BCUT2D eigenvalue weighted by Crippen LogP contribution is -2.34. The number of amides is 1. The molecule has 0 bridgehead atoms. The van der Waals surface area contributed by atoms with Gasteiger partial charge in [0, 0.05) is 36.9 Å². The molecule has 3 rings (SSSR count). The number of hydrogen-bond donors (Lipinski definition) is 0. The van der Waals surface area contributed by atoms with Gasteiger partial charge in [-0.25, -0.2) is 9.97 Å². The fourth-order valence-corrected chi connectivity index (χ4v) is 3.22. The number of aromatic nitrogens is 3. The molecule has 0 saturated carbocycles. The van der Waals surface area contributed by atoms with E-state index in [4.69, 9.17) is 4.74 Å². The van der Waals surface area contributed by atoms with E-state index >= 15 is 0 Å². The van der Waals surface area contributed by atoms with Crippen molar-refractivity contribution < 1.29 is 9.53 Å². The van der Waals surface area contributed by atoms with Gasteiger partial charge < -0.3 is 9.64 Å². The van der Waals surface area contributed by atoms with E-state index in [1.54, 1.807) is 31.9 Å². The minimum atomic E-state index is -0.0806. The van der Waals surface area contributed by atoms with Gasteiger partial charge in [0.25, 0.3) is 5.91 Å². The van der Waals surface area contributed by atoms with Gasteiger partial charge >= 0.3 is 0 Å². The van der Waals surface area contributed by atoms with Crippen molar-refractivity contribution in [2.24, 2.45) is 0 Å². The molecule has 0 spiro atoms. The number of methoxy groups -OCH3 is 1. The maximum atomic E-state index is 13.1. The number of carbonyl (C=O) groups is 1. The first kappa shape index (κ1) is 19.5. The number of carbonyl (C=O) groups excluding carboxylic acids is 1. The number of pyridine rings is 1. The molecular formula is C22H24N4O2. The molecule has 28 heavy (non-hydrogen) atoms. The molecule has 0 aliphatic heterocycles. The van der Waals surface area contributed by atoms with Crippen LogP contribution in [0.2, 0.25) is 0 Å². The summed E-state index contributed by atoms with van der Waals surface area (Å²) in [5, 5.41) is 0. The van der Waals surface area contributed by atoms with Crippen molar-refractivity contribution in [2.75, 3.05) is 13.7 Å². The van der Waals surface area contributed by atoms with Crippen LogP contribution in [0.1, 0.15) is 42.2 Å². The Balaban J connectivity index is 1.83. The lowest BCUT2D eigenvalue weighted by atomic mass is 10.0. The Morgan fingerprint density at radius 1 is 1.07 bits per heavy atom. The number of hydrogen-bond acceptors (Lipinski definition) is 5.